The summed E-state index contributed by atoms with van der Waals surface area (Å²) in [4.78, 5) is 18.0. The lowest BCUT2D eigenvalue weighted by Gasteiger charge is -2.05. The summed E-state index contributed by atoms with van der Waals surface area (Å²) in [6.07, 6.45) is 1.55. The fraction of sp³-hybridized carbons (Fsp3) is 0.286. The second kappa shape index (κ2) is 6.54. The average molecular weight is 294 g/mol. The summed E-state index contributed by atoms with van der Waals surface area (Å²) in [6.45, 7) is 1.44. The van der Waals surface area contributed by atoms with Crippen LogP contribution in [0.3, 0.4) is 0 Å². The molecule has 0 unspecified atom stereocenters. The normalized spacial score (nSPS) is 11.6. The molecule has 1 N–H and O–H groups in total. The Labute approximate surface area is 121 Å². The first-order chi connectivity index (χ1) is 9.58. The maximum atomic E-state index is 11.7. The molecule has 0 aliphatic carbocycles. The summed E-state index contributed by atoms with van der Waals surface area (Å²) in [5.41, 5.74) is 1.43. The SMILES string of the molecule is CN(C)CCN=Cc1c(-c2ccc(Cl)cc2)[nH]oc1=O. The lowest BCUT2D eigenvalue weighted by Crippen LogP contribution is -2.15. The molecule has 0 aliphatic heterocycles. The molecule has 0 amide bonds. The quantitative estimate of drug-likeness (QED) is 0.860. The van der Waals surface area contributed by atoms with Gasteiger partial charge in [0, 0.05) is 23.3 Å². The Hall–Kier alpha value is -1.85. The Morgan fingerprint density at radius 3 is 2.70 bits per heavy atom. The van der Waals surface area contributed by atoms with Crippen molar-refractivity contribution in [2.45, 2.75) is 0 Å². The first-order valence-corrected chi connectivity index (χ1v) is 6.57. The van der Waals surface area contributed by atoms with Gasteiger partial charge in [-0.3, -0.25) is 4.99 Å². The predicted molar refractivity (Wildman–Crippen MR) is 80.8 cm³/mol. The van der Waals surface area contributed by atoms with Crippen LogP contribution in [-0.2, 0) is 0 Å². The van der Waals surface area contributed by atoms with Gasteiger partial charge in [0.1, 0.15) is 5.56 Å². The minimum Gasteiger partial charge on any atom is -0.338 e. The molecule has 0 bridgehead atoms. The number of aliphatic imine (C=N–C) groups is 1. The van der Waals surface area contributed by atoms with Gasteiger partial charge in [0.05, 0.1) is 12.2 Å². The number of H-pyrrole nitrogens is 1. The minimum atomic E-state index is -0.427. The number of rotatable bonds is 5. The van der Waals surface area contributed by atoms with E-state index in [4.69, 9.17) is 16.1 Å². The Balaban J connectivity index is 2.23. The van der Waals surface area contributed by atoms with Gasteiger partial charge in [-0.05, 0) is 26.2 Å². The highest BCUT2D eigenvalue weighted by molar-refractivity contribution is 6.30. The van der Waals surface area contributed by atoms with Gasteiger partial charge < -0.3 is 9.42 Å². The molecule has 5 nitrogen and oxygen atoms in total. The van der Waals surface area contributed by atoms with E-state index < -0.39 is 5.63 Å². The van der Waals surface area contributed by atoms with E-state index in [-0.39, 0.29) is 0 Å². The van der Waals surface area contributed by atoms with Crippen molar-refractivity contribution in [2.24, 2.45) is 4.99 Å². The molecule has 0 aliphatic rings. The smallest absolute Gasteiger partial charge is 0.338 e. The number of aromatic amines is 1. The lowest BCUT2D eigenvalue weighted by molar-refractivity contribution is 0.393. The summed E-state index contributed by atoms with van der Waals surface area (Å²) in [5, 5.41) is 3.27. The molecule has 106 valence electrons. The van der Waals surface area contributed by atoms with E-state index in [2.05, 4.69) is 10.1 Å². The van der Waals surface area contributed by atoms with Crippen LogP contribution in [0.5, 0.6) is 0 Å². The molecular formula is C14H16ClN3O2. The Morgan fingerprint density at radius 1 is 1.35 bits per heavy atom. The number of halogens is 1. The van der Waals surface area contributed by atoms with E-state index in [1.165, 1.54) is 0 Å². The molecule has 0 saturated heterocycles. The molecule has 1 aromatic heterocycles. The number of aromatic nitrogens is 1. The molecule has 0 spiro atoms. The predicted octanol–water partition coefficient (Wildman–Crippen LogP) is 2.27. The summed E-state index contributed by atoms with van der Waals surface area (Å²) in [5.74, 6) is 0. The number of likely N-dealkylation sites (N-methyl/N-ethyl adjacent to an activating group) is 1. The molecule has 0 atom stereocenters. The highest BCUT2D eigenvalue weighted by atomic mass is 35.5. The fourth-order valence-corrected chi connectivity index (χ4v) is 1.80. The third-order valence-corrected chi connectivity index (χ3v) is 3.02. The van der Waals surface area contributed by atoms with Crippen LogP contribution < -0.4 is 5.63 Å². The maximum absolute atomic E-state index is 11.7. The monoisotopic (exact) mass is 293 g/mol. The second-order valence-electron chi connectivity index (χ2n) is 4.63. The highest BCUT2D eigenvalue weighted by Gasteiger charge is 2.11. The number of benzene rings is 1. The van der Waals surface area contributed by atoms with Gasteiger partial charge in [-0.1, -0.05) is 23.7 Å². The van der Waals surface area contributed by atoms with Crippen LogP contribution in [0, 0.1) is 0 Å². The summed E-state index contributed by atoms with van der Waals surface area (Å²) in [6, 6.07) is 7.16. The van der Waals surface area contributed by atoms with E-state index in [1.807, 2.05) is 31.1 Å². The lowest BCUT2D eigenvalue weighted by atomic mass is 10.1. The van der Waals surface area contributed by atoms with Crippen molar-refractivity contribution < 1.29 is 4.52 Å². The Kier molecular flexibility index (Phi) is 4.76. The third-order valence-electron chi connectivity index (χ3n) is 2.76. The minimum absolute atomic E-state index is 0.422. The number of nitrogens with zero attached hydrogens (tertiary/aromatic N) is 2. The van der Waals surface area contributed by atoms with Gasteiger partial charge in [-0.25, -0.2) is 9.95 Å². The molecule has 0 radical (unpaired) electrons. The van der Waals surface area contributed by atoms with Gasteiger partial charge in [-0.15, -0.1) is 0 Å². The van der Waals surface area contributed by atoms with Crippen molar-refractivity contribution >= 4 is 17.8 Å². The molecule has 0 fully saturated rings. The molecule has 20 heavy (non-hydrogen) atoms. The topological polar surface area (TPSA) is 61.6 Å². The van der Waals surface area contributed by atoms with Gasteiger partial charge in [-0.2, -0.15) is 0 Å². The van der Waals surface area contributed by atoms with Crippen molar-refractivity contribution in [3.63, 3.8) is 0 Å². The van der Waals surface area contributed by atoms with Crippen molar-refractivity contribution in [1.82, 2.24) is 10.1 Å². The first-order valence-electron chi connectivity index (χ1n) is 6.20. The van der Waals surface area contributed by atoms with Crippen molar-refractivity contribution in [1.29, 1.82) is 0 Å². The summed E-state index contributed by atoms with van der Waals surface area (Å²) < 4.78 is 4.84. The number of hydrogen-bond acceptors (Lipinski definition) is 4. The van der Waals surface area contributed by atoms with Crippen LogP contribution in [0.15, 0.2) is 38.6 Å². The van der Waals surface area contributed by atoms with E-state index in [9.17, 15) is 4.79 Å². The summed E-state index contributed by atoms with van der Waals surface area (Å²) in [7, 11) is 3.94. The number of hydrogen-bond donors (Lipinski definition) is 1. The number of nitrogens with one attached hydrogen (secondary N) is 1. The van der Waals surface area contributed by atoms with Gasteiger partial charge in [0.2, 0.25) is 0 Å². The molecule has 2 aromatic rings. The van der Waals surface area contributed by atoms with Crippen LogP contribution in [0.1, 0.15) is 5.56 Å². The van der Waals surface area contributed by atoms with Crippen LogP contribution >= 0.6 is 11.6 Å². The Morgan fingerprint density at radius 2 is 2.05 bits per heavy atom. The van der Waals surface area contributed by atoms with Gasteiger partial charge in [0.15, 0.2) is 0 Å². The van der Waals surface area contributed by atoms with Crippen molar-refractivity contribution in [3.8, 4) is 11.3 Å². The molecular weight excluding hydrogens is 278 g/mol. The van der Waals surface area contributed by atoms with Crippen LogP contribution in [0.4, 0.5) is 0 Å². The maximum Gasteiger partial charge on any atom is 0.366 e. The zero-order valence-corrected chi connectivity index (χ0v) is 12.1. The van der Waals surface area contributed by atoms with Gasteiger partial charge in [0.25, 0.3) is 0 Å². The van der Waals surface area contributed by atoms with Crippen molar-refractivity contribution in [3.05, 3.63) is 45.3 Å². The largest absolute Gasteiger partial charge is 0.366 e. The molecule has 1 aromatic carbocycles. The van der Waals surface area contributed by atoms with E-state index in [0.717, 1.165) is 12.1 Å². The molecule has 2 rings (SSSR count). The van der Waals surface area contributed by atoms with Gasteiger partial charge >= 0.3 is 5.63 Å². The van der Waals surface area contributed by atoms with E-state index >= 15 is 0 Å². The Bertz CT molecular complexity index is 641. The second-order valence-corrected chi connectivity index (χ2v) is 5.06. The van der Waals surface area contributed by atoms with Crippen LogP contribution in [0.25, 0.3) is 11.3 Å². The average Bonchev–Trinajstić information content (AvgIpc) is 2.77. The van der Waals surface area contributed by atoms with E-state index in [0.29, 0.717) is 22.8 Å². The third kappa shape index (κ3) is 3.59. The molecule has 6 heteroatoms. The first kappa shape index (κ1) is 14.6. The van der Waals surface area contributed by atoms with Crippen LogP contribution in [-0.4, -0.2) is 43.5 Å². The zero-order chi connectivity index (χ0) is 14.5. The molecule has 0 saturated carbocycles. The zero-order valence-electron chi connectivity index (χ0n) is 11.4. The van der Waals surface area contributed by atoms with Crippen LogP contribution in [0.2, 0.25) is 5.02 Å². The standard InChI is InChI=1S/C14H16ClN3O2/c1-18(2)8-7-16-9-12-13(17-20-14(12)19)10-3-5-11(15)6-4-10/h3-6,9,17H,7-8H2,1-2H3. The molecule has 1 heterocycles. The van der Waals surface area contributed by atoms with E-state index in [1.54, 1.807) is 18.3 Å². The highest BCUT2D eigenvalue weighted by Crippen LogP contribution is 2.20. The van der Waals surface area contributed by atoms with Crippen molar-refractivity contribution in [2.75, 3.05) is 27.2 Å². The fourth-order valence-electron chi connectivity index (χ4n) is 1.67. The summed E-state index contributed by atoms with van der Waals surface area (Å²) >= 11 is 5.85.